The van der Waals surface area contributed by atoms with Crippen LogP contribution in [-0.2, 0) is 12.3 Å². The Morgan fingerprint density at radius 1 is 0.465 bits per heavy atom. The van der Waals surface area contributed by atoms with Crippen LogP contribution in [0.4, 0.5) is 0 Å². The largest absolute Gasteiger partial charge is 0.436 e. The highest BCUT2D eigenvalue weighted by Gasteiger charge is 2.55. The summed E-state index contributed by atoms with van der Waals surface area (Å²) in [6, 6.07) is 44.6. The van der Waals surface area contributed by atoms with Gasteiger partial charge in [-0.2, -0.15) is 0 Å². The van der Waals surface area contributed by atoms with Crippen molar-refractivity contribution < 1.29 is 12.3 Å². The van der Waals surface area contributed by atoms with Gasteiger partial charge in [-0.1, -0.05) is 121 Å². The molecule has 4 N–H and O–H groups in total. The zero-order valence-corrected chi connectivity index (χ0v) is 30.2. The van der Waals surface area contributed by atoms with Crippen LogP contribution in [0.15, 0.2) is 121 Å². The van der Waals surface area contributed by atoms with Crippen LogP contribution in [0.5, 0.6) is 0 Å². The highest BCUT2D eigenvalue weighted by Crippen LogP contribution is 2.28. The van der Waals surface area contributed by atoms with Gasteiger partial charge in [-0.15, -0.1) is 0 Å². The van der Waals surface area contributed by atoms with Gasteiger partial charge in [0.2, 0.25) is 8.32 Å². The third kappa shape index (κ3) is 8.38. The van der Waals surface area contributed by atoms with Gasteiger partial charge in [-0.3, -0.25) is 0 Å². The summed E-state index contributed by atoms with van der Waals surface area (Å²) >= 11 is 0. The van der Waals surface area contributed by atoms with Crippen molar-refractivity contribution in [2.24, 2.45) is 11.5 Å². The van der Waals surface area contributed by atoms with E-state index in [1.807, 2.05) is 0 Å². The Hall–Kier alpha value is -2.45. The molecule has 4 aromatic carbocycles. The Bertz CT molecular complexity index is 1300. The minimum atomic E-state index is -3.41. The fourth-order valence-electron chi connectivity index (χ4n) is 5.98. The van der Waals surface area contributed by atoms with Gasteiger partial charge in [0.05, 0.1) is 0 Å². The molecule has 5 nitrogen and oxygen atoms in total. The summed E-state index contributed by atoms with van der Waals surface area (Å²) in [4.78, 5) is 0. The van der Waals surface area contributed by atoms with Gasteiger partial charge >= 0.3 is 17.1 Å². The van der Waals surface area contributed by atoms with Crippen LogP contribution in [0.25, 0.3) is 0 Å². The first-order valence-corrected chi connectivity index (χ1v) is 25.3. The normalized spacial score (nSPS) is 12.8. The SMILES string of the molecule is C[Si](C)(CCCN)O[Si](C)(C)O[Si](O[Si](CCCN)(c1ccccc1)c1ccccc1)(c1ccccc1)c1ccccc1. The maximum Gasteiger partial charge on any atom is 0.388 e. The van der Waals surface area contributed by atoms with E-state index in [2.05, 4.69) is 148 Å². The maximum atomic E-state index is 8.05. The topological polar surface area (TPSA) is 79.7 Å². The van der Waals surface area contributed by atoms with Crippen molar-refractivity contribution in [2.45, 2.75) is 51.1 Å². The first-order chi connectivity index (χ1) is 20.7. The molecule has 0 bridgehead atoms. The summed E-state index contributed by atoms with van der Waals surface area (Å²) < 4.78 is 22.8. The second-order valence-electron chi connectivity index (χ2n) is 12.2. The Morgan fingerprint density at radius 2 is 0.837 bits per heavy atom. The second-order valence-corrected chi connectivity index (χ2v) is 27.1. The van der Waals surface area contributed by atoms with Gasteiger partial charge in [0, 0.05) is 0 Å². The van der Waals surface area contributed by atoms with Crippen LogP contribution < -0.4 is 32.2 Å². The van der Waals surface area contributed by atoms with Crippen molar-refractivity contribution in [1.29, 1.82) is 0 Å². The molecule has 228 valence electrons. The number of hydrogen-bond donors (Lipinski definition) is 2. The smallest absolute Gasteiger partial charge is 0.388 e. The standard InChI is InChI=1S/C34H48N2O3Si4/c1-40(2,29-17-27-35)37-41(3,4)38-43(33-23-13-7-14-24-33,34-25-15-8-16-26-34)39-42(30-18-28-36,31-19-9-5-10-20-31)32-21-11-6-12-22-32/h5-16,19-26H,17-18,27-30,35-36H2,1-4H3. The van der Waals surface area contributed by atoms with Crippen molar-refractivity contribution in [3.05, 3.63) is 121 Å². The quantitative estimate of drug-likeness (QED) is 0.174. The number of rotatable bonds is 16. The third-order valence-electron chi connectivity index (χ3n) is 7.73. The number of hydrogen-bond acceptors (Lipinski definition) is 5. The summed E-state index contributed by atoms with van der Waals surface area (Å²) in [5.74, 6) is 0. The molecule has 0 heterocycles. The van der Waals surface area contributed by atoms with Gasteiger partial charge in [-0.25, -0.2) is 0 Å². The van der Waals surface area contributed by atoms with E-state index in [9.17, 15) is 0 Å². The van der Waals surface area contributed by atoms with Gasteiger partial charge in [-0.05, 0) is 85.0 Å². The van der Waals surface area contributed by atoms with Crippen LogP contribution in [0.3, 0.4) is 0 Å². The maximum absolute atomic E-state index is 8.05. The highest BCUT2D eigenvalue weighted by molar-refractivity contribution is 7.08. The van der Waals surface area contributed by atoms with Crippen LogP contribution in [-0.4, -0.2) is 46.8 Å². The Labute approximate surface area is 263 Å². The average molecular weight is 645 g/mol. The minimum Gasteiger partial charge on any atom is -0.436 e. The first-order valence-electron chi connectivity index (χ1n) is 15.4. The van der Waals surface area contributed by atoms with Gasteiger partial charge in [0.15, 0.2) is 8.32 Å². The van der Waals surface area contributed by atoms with Crippen LogP contribution in [0, 0.1) is 0 Å². The molecule has 0 fully saturated rings. The van der Waals surface area contributed by atoms with Crippen molar-refractivity contribution in [3.63, 3.8) is 0 Å². The summed E-state index contributed by atoms with van der Waals surface area (Å²) in [7, 11) is -11.2. The lowest BCUT2D eigenvalue weighted by Gasteiger charge is -2.46. The minimum absolute atomic E-state index is 0.591. The van der Waals surface area contributed by atoms with Crippen LogP contribution in [0.1, 0.15) is 12.8 Å². The van der Waals surface area contributed by atoms with Crippen molar-refractivity contribution >= 4 is 54.5 Å². The fourth-order valence-corrected chi connectivity index (χ4v) is 26.5. The Kier molecular flexibility index (Phi) is 11.7. The Morgan fingerprint density at radius 3 is 1.23 bits per heavy atom. The van der Waals surface area contributed by atoms with E-state index in [1.165, 1.54) is 10.4 Å². The molecular weight excluding hydrogens is 597 g/mol. The van der Waals surface area contributed by atoms with Crippen molar-refractivity contribution in [1.82, 2.24) is 0 Å². The first kappa shape index (κ1) is 33.4. The average Bonchev–Trinajstić information content (AvgIpc) is 3.02. The van der Waals surface area contributed by atoms with Gasteiger partial charge < -0.3 is 23.8 Å². The van der Waals surface area contributed by atoms with Crippen molar-refractivity contribution in [2.75, 3.05) is 13.1 Å². The zero-order valence-electron chi connectivity index (χ0n) is 26.2. The summed E-state index contributed by atoms with van der Waals surface area (Å²) in [6.45, 7) is 10.2. The molecular formula is C34H48N2O3Si4. The van der Waals surface area contributed by atoms with Crippen LogP contribution in [0.2, 0.25) is 38.3 Å². The molecule has 0 unspecified atom stereocenters. The van der Waals surface area contributed by atoms with Crippen molar-refractivity contribution in [3.8, 4) is 0 Å². The fraction of sp³-hybridized carbons (Fsp3) is 0.294. The molecule has 0 saturated heterocycles. The monoisotopic (exact) mass is 644 g/mol. The molecule has 0 aliphatic heterocycles. The van der Waals surface area contributed by atoms with E-state index in [-0.39, 0.29) is 0 Å². The lowest BCUT2D eigenvalue weighted by Crippen LogP contribution is -2.76. The molecule has 4 rings (SSSR count). The van der Waals surface area contributed by atoms with Gasteiger partial charge in [0.25, 0.3) is 0 Å². The highest BCUT2D eigenvalue weighted by atomic mass is 28.5. The molecule has 0 saturated carbocycles. The number of nitrogens with two attached hydrogens (primary N) is 2. The van der Waals surface area contributed by atoms with E-state index in [1.54, 1.807) is 0 Å². The van der Waals surface area contributed by atoms with E-state index < -0.39 is 33.8 Å². The lowest BCUT2D eigenvalue weighted by atomic mass is 10.4. The predicted octanol–water partition coefficient (Wildman–Crippen LogP) is 4.66. The Balaban J connectivity index is 1.99. The van der Waals surface area contributed by atoms with E-state index in [0.717, 1.165) is 35.3 Å². The van der Waals surface area contributed by atoms with E-state index >= 15 is 0 Å². The zero-order chi connectivity index (χ0) is 30.8. The predicted molar refractivity (Wildman–Crippen MR) is 191 cm³/mol. The van der Waals surface area contributed by atoms with Crippen LogP contribution >= 0.6 is 0 Å². The molecule has 43 heavy (non-hydrogen) atoms. The van der Waals surface area contributed by atoms with E-state index in [4.69, 9.17) is 23.8 Å². The number of benzene rings is 4. The van der Waals surface area contributed by atoms with E-state index in [0.29, 0.717) is 13.1 Å². The lowest BCUT2D eigenvalue weighted by molar-refractivity contribution is 0.341. The van der Waals surface area contributed by atoms with Gasteiger partial charge in [0.1, 0.15) is 0 Å². The summed E-state index contributed by atoms with van der Waals surface area (Å²) in [5, 5.41) is 4.62. The molecule has 0 aromatic heterocycles. The molecule has 0 aliphatic rings. The molecule has 0 aliphatic carbocycles. The summed E-state index contributed by atoms with van der Waals surface area (Å²) in [5.41, 5.74) is 12.1. The molecule has 4 aromatic rings. The molecule has 0 spiro atoms. The molecule has 9 heteroatoms. The molecule has 0 amide bonds. The summed E-state index contributed by atoms with van der Waals surface area (Å²) in [6.07, 6.45) is 1.80. The third-order valence-corrected chi connectivity index (χ3v) is 24.9. The molecule has 0 radical (unpaired) electrons. The molecule has 0 atom stereocenters. The second kappa shape index (κ2) is 15.0.